The highest BCUT2D eigenvalue weighted by Gasteiger charge is 2.32. The minimum atomic E-state index is -1.24. The summed E-state index contributed by atoms with van der Waals surface area (Å²) in [5.41, 5.74) is 0.704. The van der Waals surface area contributed by atoms with E-state index in [1.165, 1.54) is 30.5 Å². The summed E-state index contributed by atoms with van der Waals surface area (Å²) in [6.45, 7) is 2.10. The fourth-order valence-electron chi connectivity index (χ4n) is 2.60. The molecular weight excluding hydrogens is 374 g/mol. The zero-order valence-corrected chi connectivity index (χ0v) is 15.0. The van der Waals surface area contributed by atoms with Crippen LogP contribution in [0.3, 0.4) is 0 Å². The molecule has 0 aliphatic carbocycles. The number of anilines is 1. The lowest BCUT2D eigenvalue weighted by atomic mass is 10.00. The number of hydrogen-bond donors (Lipinski definition) is 3. The van der Waals surface area contributed by atoms with Gasteiger partial charge in [0.15, 0.2) is 0 Å². The minimum Gasteiger partial charge on any atom is -0.507 e. The highest BCUT2D eigenvalue weighted by molar-refractivity contribution is 6.31. The maximum atomic E-state index is 12.8. The molecule has 0 amide bonds. The second-order valence-corrected chi connectivity index (χ2v) is 6.09. The fourth-order valence-corrected chi connectivity index (χ4v) is 2.77. The summed E-state index contributed by atoms with van der Waals surface area (Å²) in [4.78, 5) is 23.8. The van der Waals surface area contributed by atoms with E-state index in [2.05, 4.69) is 5.32 Å². The van der Waals surface area contributed by atoms with Gasteiger partial charge in [-0.1, -0.05) is 11.6 Å². The van der Waals surface area contributed by atoms with Gasteiger partial charge in [0, 0.05) is 29.6 Å². The third kappa shape index (κ3) is 3.89. The van der Waals surface area contributed by atoms with Crippen LogP contribution in [0.5, 0.6) is 11.5 Å². The summed E-state index contributed by atoms with van der Waals surface area (Å²) in [5.74, 6) is -1.56. The molecule has 3 rings (SSSR count). The van der Waals surface area contributed by atoms with Crippen LogP contribution in [0, 0.1) is 0 Å². The van der Waals surface area contributed by atoms with Crippen LogP contribution >= 0.6 is 11.6 Å². The molecule has 0 fully saturated rings. The van der Waals surface area contributed by atoms with E-state index in [0.29, 0.717) is 28.6 Å². The predicted octanol–water partition coefficient (Wildman–Crippen LogP) is 3.68. The fraction of sp³-hybridized carbons (Fsp3) is 0.158. The first-order valence-corrected chi connectivity index (χ1v) is 8.44. The topological polar surface area (TPSA) is 105 Å². The second-order valence-electron chi connectivity index (χ2n) is 5.66. The van der Waals surface area contributed by atoms with E-state index in [1.807, 2.05) is 0 Å². The summed E-state index contributed by atoms with van der Waals surface area (Å²) < 4.78 is 11.2. The van der Waals surface area contributed by atoms with Gasteiger partial charge in [-0.15, -0.1) is 0 Å². The SMILES string of the molecule is CCOC1Oc2ccc(Cl)cc2C(=O)/C1=C/Nc1ccc(C(=O)O)c(O)c1. The van der Waals surface area contributed by atoms with E-state index in [0.717, 1.165) is 0 Å². The average Bonchev–Trinajstić information content (AvgIpc) is 2.62. The predicted molar refractivity (Wildman–Crippen MR) is 98.6 cm³/mol. The van der Waals surface area contributed by atoms with Crippen LogP contribution in [-0.2, 0) is 4.74 Å². The van der Waals surface area contributed by atoms with Gasteiger partial charge < -0.3 is 25.0 Å². The summed E-state index contributed by atoms with van der Waals surface area (Å²) in [5, 5.41) is 22.0. The Morgan fingerprint density at radius 1 is 1.33 bits per heavy atom. The Hall–Kier alpha value is -3.03. The molecule has 1 aliphatic heterocycles. The Kier molecular flexibility index (Phi) is 5.34. The number of benzene rings is 2. The molecule has 27 heavy (non-hydrogen) atoms. The molecule has 0 saturated carbocycles. The number of aromatic hydroxyl groups is 1. The van der Waals surface area contributed by atoms with Gasteiger partial charge in [-0.05, 0) is 37.3 Å². The van der Waals surface area contributed by atoms with Crippen LogP contribution in [0.25, 0.3) is 0 Å². The quantitative estimate of drug-likeness (QED) is 0.670. The van der Waals surface area contributed by atoms with Crippen molar-refractivity contribution in [3.63, 3.8) is 0 Å². The normalized spacial score (nSPS) is 17.3. The number of nitrogens with one attached hydrogen (secondary N) is 1. The monoisotopic (exact) mass is 389 g/mol. The third-order valence-corrected chi connectivity index (χ3v) is 4.11. The molecular formula is C19H16ClNO6. The average molecular weight is 390 g/mol. The van der Waals surface area contributed by atoms with Gasteiger partial charge in [0.05, 0.1) is 11.1 Å². The van der Waals surface area contributed by atoms with E-state index >= 15 is 0 Å². The number of carbonyl (C=O) groups is 2. The maximum Gasteiger partial charge on any atom is 0.339 e. The zero-order valence-electron chi connectivity index (χ0n) is 14.2. The van der Waals surface area contributed by atoms with Crippen molar-refractivity contribution in [2.75, 3.05) is 11.9 Å². The largest absolute Gasteiger partial charge is 0.507 e. The Labute approximate surface area is 159 Å². The van der Waals surface area contributed by atoms with Crippen molar-refractivity contribution in [2.45, 2.75) is 13.2 Å². The molecule has 1 aliphatic rings. The smallest absolute Gasteiger partial charge is 0.339 e. The lowest BCUT2D eigenvalue weighted by molar-refractivity contribution is -0.0509. The highest BCUT2D eigenvalue weighted by Crippen LogP contribution is 2.33. The first kappa shape index (κ1) is 18.8. The summed E-state index contributed by atoms with van der Waals surface area (Å²) >= 11 is 5.97. The third-order valence-electron chi connectivity index (χ3n) is 3.88. The van der Waals surface area contributed by atoms with Gasteiger partial charge in [0.1, 0.15) is 17.1 Å². The van der Waals surface area contributed by atoms with Crippen LogP contribution in [0.2, 0.25) is 5.02 Å². The van der Waals surface area contributed by atoms with Crippen LogP contribution < -0.4 is 10.1 Å². The molecule has 2 aromatic carbocycles. The van der Waals surface area contributed by atoms with Gasteiger partial charge in [-0.3, -0.25) is 4.79 Å². The Morgan fingerprint density at radius 3 is 2.78 bits per heavy atom. The van der Waals surface area contributed by atoms with Gasteiger partial charge in [-0.2, -0.15) is 0 Å². The van der Waals surface area contributed by atoms with Gasteiger partial charge in [0.25, 0.3) is 0 Å². The summed E-state index contributed by atoms with van der Waals surface area (Å²) in [7, 11) is 0. The molecule has 0 aromatic heterocycles. The van der Waals surface area contributed by atoms with Gasteiger partial charge >= 0.3 is 5.97 Å². The number of ether oxygens (including phenoxy) is 2. The highest BCUT2D eigenvalue weighted by atomic mass is 35.5. The molecule has 7 nitrogen and oxygen atoms in total. The van der Waals surface area contributed by atoms with E-state index in [1.54, 1.807) is 19.1 Å². The van der Waals surface area contributed by atoms with Crippen molar-refractivity contribution < 1.29 is 29.3 Å². The molecule has 8 heteroatoms. The number of fused-ring (bicyclic) bond motifs is 1. The summed E-state index contributed by atoms with van der Waals surface area (Å²) in [6.07, 6.45) is 0.498. The molecule has 1 heterocycles. The molecule has 0 spiro atoms. The van der Waals surface area contributed by atoms with Crippen molar-refractivity contribution in [1.82, 2.24) is 0 Å². The van der Waals surface area contributed by atoms with E-state index in [4.69, 9.17) is 26.2 Å². The second kappa shape index (κ2) is 7.69. The number of aromatic carboxylic acids is 1. The molecule has 0 radical (unpaired) electrons. The van der Waals surface area contributed by atoms with Crippen LogP contribution in [-0.4, -0.2) is 34.9 Å². The van der Waals surface area contributed by atoms with E-state index in [9.17, 15) is 14.7 Å². The first-order chi connectivity index (χ1) is 12.9. The van der Waals surface area contributed by atoms with Crippen LogP contribution in [0.4, 0.5) is 5.69 Å². The van der Waals surface area contributed by atoms with Crippen molar-refractivity contribution in [1.29, 1.82) is 0 Å². The lowest BCUT2D eigenvalue weighted by Gasteiger charge is -2.27. The first-order valence-electron chi connectivity index (χ1n) is 8.06. The molecule has 1 atom stereocenters. The van der Waals surface area contributed by atoms with Crippen LogP contribution in [0.15, 0.2) is 48.2 Å². The molecule has 0 bridgehead atoms. The standard InChI is InChI=1S/C19H16ClNO6/c1-2-26-19-14(17(23)13-7-10(20)3-6-16(13)27-19)9-21-11-4-5-12(18(24)25)15(22)8-11/h3-9,19,21-22H,2H2,1H3,(H,24,25)/b14-9-. The number of carboxylic acids is 1. The number of ketones is 1. The Balaban J connectivity index is 1.91. The zero-order chi connectivity index (χ0) is 19.6. The van der Waals surface area contributed by atoms with Gasteiger partial charge in [0.2, 0.25) is 12.1 Å². The molecule has 0 saturated heterocycles. The minimum absolute atomic E-state index is 0.216. The number of Topliss-reactive ketones (excluding diaryl/α,β-unsaturated/α-hetero) is 1. The number of rotatable bonds is 5. The summed E-state index contributed by atoms with van der Waals surface area (Å²) in [6, 6.07) is 8.71. The number of carboxylic acid groups (broad SMARTS) is 1. The van der Waals surface area contributed by atoms with E-state index in [-0.39, 0.29) is 16.9 Å². The Bertz CT molecular complexity index is 940. The van der Waals surface area contributed by atoms with Crippen molar-refractivity contribution >= 4 is 29.0 Å². The number of phenols is 1. The number of hydrogen-bond acceptors (Lipinski definition) is 6. The Morgan fingerprint density at radius 2 is 2.11 bits per heavy atom. The van der Waals surface area contributed by atoms with E-state index < -0.39 is 18.0 Å². The van der Waals surface area contributed by atoms with Crippen molar-refractivity contribution in [3.8, 4) is 11.5 Å². The van der Waals surface area contributed by atoms with Crippen molar-refractivity contribution in [3.05, 3.63) is 64.3 Å². The molecule has 3 N–H and O–H groups in total. The lowest BCUT2D eigenvalue weighted by Crippen LogP contribution is -2.33. The number of carbonyl (C=O) groups excluding carboxylic acids is 1. The van der Waals surface area contributed by atoms with Crippen LogP contribution in [0.1, 0.15) is 27.6 Å². The molecule has 1 unspecified atom stereocenters. The number of halogens is 1. The maximum absolute atomic E-state index is 12.8. The molecule has 2 aromatic rings. The van der Waals surface area contributed by atoms with Gasteiger partial charge in [-0.25, -0.2) is 4.79 Å². The molecule has 140 valence electrons. The van der Waals surface area contributed by atoms with Crippen molar-refractivity contribution in [2.24, 2.45) is 0 Å².